The molecule has 0 radical (unpaired) electrons. The third-order valence-corrected chi connectivity index (χ3v) is 3.49. The van der Waals surface area contributed by atoms with Crippen molar-refractivity contribution in [3.63, 3.8) is 0 Å². The molecular weight excluding hydrogens is 211 g/mol. The molecule has 2 bridgehead atoms. The number of amides is 1. The normalized spacial score (nSPS) is 36.6. The summed E-state index contributed by atoms with van der Waals surface area (Å²) >= 11 is 0. The fraction of sp³-hybridized carbons (Fsp3) is 0.909. The number of carbonyl (C=O) groups excluding carboxylic acids is 1. The zero-order chi connectivity index (χ0) is 11.5. The molecule has 4 atom stereocenters. The molecule has 92 valence electrons. The van der Waals surface area contributed by atoms with E-state index in [-0.39, 0.29) is 23.9 Å². The number of halogens is 1. The van der Waals surface area contributed by atoms with Gasteiger partial charge in [-0.25, -0.2) is 4.39 Å². The average Bonchev–Trinajstić information content (AvgIpc) is 2.82. The average molecular weight is 230 g/mol. The van der Waals surface area contributed by atoms with E-state index in [9.17, 15) is 9.18 Å². The quantitative estimate of drug-likeness (QED) is 0.665. The number of hydrogen-bond acceptors (Lipinski definition) is 3. The van der Waals surface area contributed by atoms with Gasteiger partial charge in [0.05, 0.1) is 6.04 Å². The van der Waals surface area contributed by atoms with E-state index in [1.807, 2.05) is 0 Å². The van der Waals surface area contributed by atoms with Crippen molar-refractivity contribution in [2.75, 3.05) is 20.3 Å². The van der Waals surface area contributed by atoms with Gasteiger partial charge in [-0.15, -0.1) is 0 Å². The summed E-state index contributed by atoms with van der Waals surface area (Å²) in [4.78, 5) is 11.8. The molecule has 0 aromatic heterocycles. The summed E-state index contributed by atoms with van der Waals surface area (Å²) in [6, 6.07) is -0.278. The van der Waals surface area contributed by atoms with Gasteiger partial charge in [0.15, 0.2) is 0 Å². The van der Waals surface area contributed by atoms with Crippen molar-refractivity contribution in [2.45, 2.75) is 37.5 Å². The molecule has 4 nitrogen and oxygen atoms in total. The van der Waals surface area contributed by atoms with Crippen molar-refractivity contribution < 1.29 is 13.9 Å². The number of nitrogens with one attached hydrogen (secondary N) is 2. The maximum Gasteiger partial charge on any atom is 0.237 e. The number of alkyl halides is 1. The Labute approximate surface area is 94.9 Å². The maximum absolute atomic E-state index is 13.2. The Morgan fingerprint density at radius 1 is 1.56 bits per heavy atom. The van der Waals surface area contributed by atoms with Crippen LogP contribution in [0.15, 0.2) is 0 Å². The van der Waals surface area contributed by atoms with Crippen LogP contribution in [0.4, 0.5) is 4.39 Å². The molecule has 5 heteroatoms. The van der Waals surface area contributed by atoms with Crippen LogP contribution in [0, 0.1) is 5.92 Å². The summed E-state index contributed by atoms with van der Waals surface area (Å²) in [5.41, 5.74) is 0. The molecule has 1 saturated carbocycles. The first-order valence-electron chi connectivity index (χ1n) is 5.89. The standard InChI is InChI=1S/C11H19FN2O2/c1-16-4-2-3-13-11(15)10-7-5-8(12)9(6-7)14-10/h7-10,14H,2-6H2,1H3,(H,13,15)/t7?,8-,9-,10-/m1/s1. The molecule has 2 aliphatic rings. The van der Waals surface area contributed by atoms with Crippen LogP contribution in [0.5, 0.6) is 0 Å². The number of fused-ring (bicyclic) bond motifs is 2. The Kier molecular flexibility index (Phi) is 3.76. The summed E-state index contributed by atoms with van der Waals surface area (Å²) in [5, 5.41) is 5.92. The first-order chi connectivity index (χ1) is 7.72. The first-order valence-corrected chi connectivity index (χ1v) is 5.89. The Hall–Kier alpha value is -0.680. The smallest absolute Gasteiger partial charge is 0.237 e. The molecule has 0 spiro atoms. The second kappa shape index (κ2) is 5.10. The third kappa shape index (κ3) is 2.35. The Morgan fingerprint density at radius 2 is 2.38 bits per heavy atom. The van der Waals surface area contributed by atoms with Crippen LogP contribution < -0.4 is 10.6 Å². The number of rotatable bonds is 5. The molecule has 1 aliphatic carbocycles. The molecule has 2 fully saturated rings. The maximum atomic E-state index is 13.2. The van der Waals surface area contributed by atoms with Crippen LogP contribution in [0.1, 0.15) is 19.3 Å². The summed E-state index contributed by atoms with van der Waals surface area (Å²) < 4.78 is 18.1. The van der Waals surface area contributed by atoms with Crippen LogP contribution in [0.3, 0.4) is 0 Å². The van der Waals surface area contributed by atoms with Gasteiger partial charge in [-0.1, -0.05) is 0 Å². The molecule has 1 heterocycles. The Morgan fingerprint density at radius 3 is 2.94 bits per heavy atom. The van der Waals surface area contributed by atoms with E-state index in [0.717, 1.165) is 12.8 Å². The van der Waals surface area contributed by atoms with Crippen LogP contribution in [0.25, 0.3) is 0 Å². The van der Waals surface area contributed by atoms with Crippen molar-refractivity contribution >= 4 is 5.91 Å². The number of piperidine rings is 1. The van der Waals surface area contributed by atoms with Crippen LogP contribution in [-0.4, -0.2) is 44.4 Å². The van der Waals surface area contributed by atoms with Gasteiger partial charge in [-0.3, -0.25) is 10.1 Å². The molecule has 1 saturated heterocycles. The molecule has 1 amide bonds. The highest BCUT2D eigenvalue weighted by molar-refractivity contribution is 5.82. The van der Waals surface area contributed by atoms with E-state index < -0.39 is 6.17 Å². The highest BCUT2D eigenvalue weighted by Gasteiger charge is 2.48. The monoisotopic (exact) mass is 230 g/mol. The van der Waals surface area contributed by atoms with Crippen molar-refractivity contribution in [3.8, 4) is 0 Å². The van der Waals surface area contributed by atoms with Gasteiger partial charge in [0.1, 0.15) is 6.17 Å². The summed E-state index contributed by atoms with van der Waals surface area (Å²) in [5.74, 6) is 0.193. The van der Waals surface area contributed by atoms with Gasteiger partial charge >= 0.3 is 0 Å². The van der Waals surface area contributed by atoms with E-state index in [0.29, 0.717) is 19.6 Å². The topological polar surface area (TPSA) is 50.4 Å². The van der Waals surface area contributed by atoms with E-state index in [1.165, 1.54) is 0 Å². The largest absolute Gasteiger partial charge is 0.385 e. The van der Waals surface area contributed by atoms with Crippen LogP contribution >= 0.6 is 0 Å². The summed E-state index contributed by atoms with van der Waals surface area (Å²) in [7, 11) is 1.64. The second-order valence-electron chi connectivity index (χ2n) is 4.64. The van der Waals surface area contributed by atoms with E-state index in [4.69, 9.17) is 4.74 Å². The lowest BCUT2D eigenvalue weighted by Gasteiger charge is -2.24. The van der Waals surface area contributed by atoms with Gasteiger partial charge < -0.3 is 10.1 Å². The lowest BCUT2D eigenvalue weighted by atomic mass is 9.99. The minimum Gasteiger partial charge on any atom is -0.385 e. The molecule has 2 rings (SSSR count). The molecular formula is C11H19FN2O2. The number of hydrogen-bond donors (Lipinski definition) is 2. The minimum absolute atomic E-state index is 0.00973. The molecule has 1 aliphatic heterocycles. The minimum atomic E-state index is -0.762. The molecule has 0 aromatic carbocycles. The van der Waals surface area contributed by atoms with Crippen molar-refractivity contribution in [2.24, 2.45) is 5.92 Å². The number of carbonyl (C=O) groups is 1. The third-order valence-electron chi connectivity index (χ3n) is 3.49. The molecule has 2 N–H and O–H groups in total. The lowest BCUT2D eigenvalue weighted by Crippen LogP contribution is -2.50. The molecule has 16 heavy (non-hydrogen) atoms. The van der Waals surface area contributed by atoms with Gasteiger partial charge in [0.25, 0.3) is 0 Å². The van der Waals surface area contributed by atoms with Gasteiger partial charge in [-0.2, -0.15) is 0 Å². The van der Waals surface area contributed by atoms with E-state index in [1.54, 1.807) is 7.11 Å². The highest BCUT2D eigenvalue weighted by Crippen LogP contribution is 2.37. The van der Waals surface area contributed by atoms with Crippen molar-refractivity contribution in [1.82, 2.24) is 10.6 Å². The fourth-order valence-corrected chi connectivity index (χ4v) is 2.66. The van der Waals surface area contributed by atoms with E-state index in [2.05, 4.69) is 10.6 Å². The zero-order valence-corrected chi connectivity index (χ0v) is 9.54. The predicted molar refractivity (Wildman–Crippen MR) is 57.8 cm³/mol. The lowest BCUT2D eigenvalue weighted by molar-refractivity contribution is -0.124. The second-order valence-corrected chi connectivity index (χ2v) is 4.64. The van der Waals surface area contributed by atoms with E-state index >= 15 is 0 Å². The van der Waals surface area contributed by atoms with Crippen LogP contribution in [-0.2, 0) is 9.53 Å². The first kappa shape index (κ1) is 11.8. The summed E-state index contributed by atoms with van der Waals surface area (Å²) in [6.45, 7) is 1.28. The SMILES string of the molecule is COCCCNC(=O)[C@@H]1N[C@@H]2CC1C[C@H]2F. The summed E-state index contributed by atoms with van der Waals surface area (Å²) in [6.07, 6.45) is 1.39. The van der Waals surface area contributed by atoms with Gasteiger partial charge in [-0.05, 0) is 25.2 Å². The fourth-order valence-electron chi connectivity index (χ4n) is 2.66. The van der Waals surface area contributed by atoms with Gasteiger partial charge in [0.2, 0.25) is 5.91 Å². The van der Waals surface area contributed by atoms with Crippen molar-refractivity contribution in [3.05, 3.63) is 0 Å². The predicted octanol–water partition coefficient (Wildman–Crippen LogP) is 0.228. The molecule has 1 unspecified atom stereocenters. The number of ether oxygens (including phenoxy) is 1. The van der Waals surface area contributed by atoms with Crippen LogP contribution in [0.2, 0.25) is 0 Å². The Balaban J connectivity index is 1.71. The Bertz CT molecular complexity index is 260. The van der Waals surface area contributed by atoms with Gasteiger partial charge in [0, 0.05) is 26.3 Å². The number of methoxy groups -OCH3 is 1. The zero-order valence-electron chi connectivity index (χ0n) is 9.54. The van der Waals surface area contributed by atoms with Crippen molar-refractivity contribution in [1.29, 1.82) is 0 Å². The highest BCUT2D eigenvalue weighted by atomic mass is 19.1. The molecule has 0 aromatic rings.